The van der Waals surface area contributed by atoms with Crippen molar-refractivity contribution in [2.75, 3.05) is 5.32 Å². The number of nitrogens with one attached hydrogen (secondary N) is 2. The Balaban J connectivity index is 1.72. The van der Waals surface area contributed by atoms with Crippen molar-refractivity contribution in [1.82, 2.24) is 15.0 Å². The Hall–Kier alpha value is -2.54. The van der Waals surface area contributed by atoms with E-state index in [9.17, 15) is 8.60 Å². The van der Waals surface area contributed by atoms with Crippen molar-refractivity contribution in [2.24, 2.45) is 0 Å². The van der Waals surface area contributed by atoms with E-state index in [0.717, 1.165) is 35.5 Å². The minimum atomic E-state index is -1.26. The summed E-state index contributed by atoms with van der Waals surface area (Å²) in [7, 11) is -1.26. The lowest BCUT2D eigenvalue weighted by Gasteiger charge is -2.23. The maximum Gasteiger partial charge on any atom is 0.197 e. The van der Waals surface area contributed by atoms with Crippen molar-refractivity contribution >= 4 is 16.6 Å². The maximum atomic E-state index is 13.4. The number of halogens is 1. The standard InChI is InChI=1S/C23H27FN4OS/c1-15(2)30(29)23-27-21(16-8-10-18(24)11-9-16)22(28-23)17-12-13-25-20(14-17)26-19-6-4-3-5-7-19/h8-15,19H,3-7H2,1-2H3,(H,25,26)(H,27,28)/t30-/m1/s1. The van der Waals surface area contributed by atoms with Gasteiger partial charge < -0.3 is 10.3 Å². The van der Waals surface area contributed by atoms with Crippen LogP contribution in [0, 0.1) is 5.82 Å². The molecule has 1 aromatic carbocycles. The minimum Gasteiger partial charge on any atom is -0.367 e. The van der Waals surface area contributed by atoms with Gasteiger partial charge in [-0.3, -0.25) is 4.21 Å². The van der Waals surface area contributed by atoms with E-state index in [2.05, 4.69) is 20.3 Å². The van der Waals surface area contributed by atoms with Crippen LogP contribution in [0.2, 0.25) is 0 Å². The van der Waals surface area contributed by atoms with E-state index in [-0.39, 0.29) is 11.1 Å². The number of anilines is 1. The Labute approximate surface area is 179 Å². The molecule has 0 aliphatic heterocycles. The molecule has 0 spiro atoms. The van der Waals surface area contributed by atoms with Crippen LogP contribution >= 0.6 is 0 Å². The predicted molar refractivity (Wildman–Crippen MR) is 119 cm³/mol. The number of benzene rings is 1. The quantitative estimate of drug-likeness (QED) is 0.543. The summed E-state index contributed by atoms with van der Waals surface area (Å²) in [6.45, 7) is 3.79. The van der Waals surface area contributed by atoms with E-state index < -0.39 is 10.8 Å². The molecule has 2 aromatic heterocycles. The third kappa shape index (κ3) is 4.61. The zero-order chi connectivity index (χ0) is 21.1. The van der Waals surface area contributed by atoms with E-state index in [4.69, 9.17) is 0 Å². The average Bonchev–Trinajstić information content (AvgIpc) is 3.20. The van der Waals surface area contributed by atoms with Crippen molar-refractivity contribution in [3.63, 3.8) is 0 Å². The largest absolute Gasteiger partial charge is 0.367 e. The molecule has 1 atom stereocenters. The Bertz CT molecular complexity index is 1030. The summed E-state index contributed by atoms with van der Waals surface area (Å²) in [5, 5.41) is 3.91. The van der Waals surface area contributed by atoms with Crippen LogP contribution in [0.1, 0.15) is 46.0 Å². The van der Waals surface area contributed by atoms with Gasteiger partial charge in [0, 0.05) is 28.6 Å². The lowest BCUT2D eigenvalue weighted by Crippen LogP contribution is -2.22. The zero-order valence-corrected chi connectivity index (χ0v) is 18.1. The number of rotatable bonds is 6. The number of H-pyrrole nitrogens is 1. The molecular weight excluding hydrogens is 399 g/mol. The molecule has 2 N–H and O–H groups in total. The molecule has 1 aliphatic carbocycles. The van der Waals surface area contributed by atoms with Crippen molar-refractivity contribution in [1.29, 1.82) is 0 Å². The fourth-order valence-corrected chi connectivity index (χ4v) is 4.65. The van der Waals surface area contributed by atoms with Crippen LogP contribution in [-0.2, 0) is 10.8 Å². The molecular formula is C23H27FN4OS. The molecule has 1 fully saturated rings. The van der Waals surface area contributed by atoms with Gasteiger partial charge in [0.1, 0.15) is 11.6 Å². The highest BCUT2D eigenvalue weighted by Crippen LogP contribution is 2.32. The number of aromatic nitrogens is 3. The smallest absolute Gasteiger partial charge is 0.197 e. The van der Waals surface area contributed by atoms with Crippen molar-refractivity contribution in [3.8, 4) is 22.5 Å². The Kier molecular flexibility index (Phi) is 6.27. The van der Waals surface area contributed by atoms with Crippen molar-refractivity contribution < 1.29 is 8.60 Å². The van der Waals surface area contributed by atoms with Crippen LogP contribution in [0.15, 0.2) is 47.8 Å². The zero-order valence-electron chi connectivity index (χ0n) is 17.3. The third-order valence-electron chi connectivity index (χ3n) is 5.42. The van der Waals surface area contributed by atoms with Gasteiger partial charge >= 0.3 is 0 Å². The second-order valence-corrected chi connectivity index (χ2v) is 9.95. The minimum absolute atomic E-state index is 0.0639. The number of aromatic amines is 1. The molecule has 0 bridgehead atoms. The van der Waals surface area contributed by atoms with Gasteiger partial charge in [0.15, 0.2) is 5.16 Å². The molecule has 4 rings (SSSR count). The summed E-state index contributed by atoms with van der Waals surface area (Å²) >= 11 is 0. The molecule has 0 unspecified atom stereocenters. The lowest BCUT2D eigenvalue weighted by molar-refractivity contribution is 0.462. The number of hydrogen-bond donors (Lipinski definition) is 2. The molecule has 158 valence electrons. The second-order valence-electron chi connectivity index (χ2n) is 8.03. The first-order chi connectivity index (χ1) is 14.5. The van der Waals surface area contributed by atoms with E-state index in [1.54, 1.807) is 18.3 Å². The van der Waals surface area contributed by atoms with Gasteiger partial charge in [0.05, 0.1) is 22.2 Å². The van der Waals surface area contributed by atoms with Gasteiger partial charge in [-0.15, -0.1) is 0 Å². The molecule has 1 saturated carbocycles. The van der Waals surface area contributed by atoms with Gasteiger partial charge in [-0.1, -0.05) is 33.1 Å². The molecule has 7 heteroatoms. The molecule has 30 heavy (non-hydrogen) atoms. The fraction of sp³-hybridized carbons (Fsp3) is 0.391. The summed E-state index contributed by atoms with van der Waals surface area (Å²) in [4.78, 5) is 12.4. The highest BCUT2D eigenvalue weighted by Gasteiger charge is 2.20. The fourth-order valence-electron chi connectivity index (χ4n) is 3.82. The number of hydrogen-bond acceptors (Lipinski definition) is 4. The van der Waals surface area contributed by atoms with Gasteiger partial charge in [-0.25, -0.2) is 14.4 Å². The highest BCUT2D eigenvalue weighted by molar-refractivity contribution is 7.85. The van der Waals surface area contributed by atoms with Gasteiger partial charge in [0.2, 0.25) is 0 Å². The lowest BCUT2D eigenvalue weighted by atomic mass is 9.95. The Morgan fingerprint density at radius 1 is 1.10 bits per heavy atom. The van der Waals surface area contributed by atoms with E-state index in [1.807, 2.05) is 26.0 Å². The first-order valence-corrected chi connectivity index (χ1v) is 11.7. The van der Waals surface area contributed by atoms with E-state index in [1.165, 1.54) is 31.4 Å². The number of pyridine rings is 1. The summed E-state index contributed by atoms with van der Waals surface area (Å²) in [5.41, 5.74) is 3.10. The van der Waals surface area contributed by atoms with Crippen LogP contribution in [0.5, 0.6) is 0 Å². The molecule has 0 saturated heterocycles. The van der Waals surface area contributed by atoms with Gasteiger partial charge in [-0.05, 0) is 49.2 Å². The first-order valence-electron chi connectivity index (χ1n) is 10.5. The number of imidazole rings is 1. The van der Waals surface area contributed by atoms with Crippen molar-refractivity contribution in [3.05, 3.63) is 48.4 Å². The maximum absolute atomic E-state index is 13.4. The normalized spacial score (nSPS) is 16.0. The summed E-state index contributed by atoms with van der Waals surface area (Å²) in [5.74, 6) is 0.521. The highest BCUT2D eigenvalue weighted by atomic mass is 32.2. The molecule has 0 radical (unpaired) electrons. The van der Waals surface area contributed by atoms with Crippen LogP contribution in [0.25, 0.3) is 22.5 Å². The summed E-state index contributed by atoms with van der Waals surface area (Å²) < 4.78 is 26.1. The monoisotopic (exact) mass is 426 g/mol. The molecule has 1 aliphatic rings. The molecule has 3 aromatic rings. The SMILES string of the molecule is CC(C)[S@@](=O)c1nc(-c2ccnc(NC3CCCCC3)c2)c(-c2ccc(F)cc2)[nH]1. The topological polar surface area (TPSA) is 70.7 Å². The van der Waals surface area contributed by atoms with Gasteiger partial charge in [0.25, 0.3) is 0 Å². The summed E-state index contributed by atoms with van der Waals surface area (Å²) in [6.07, 6.45) is 7.88. The average molecular weight is 427 g/mol. The first kappa shape index (κ1) is 20.7. The third-order valence-corrected chi connectivity index (χ3v) is 6.86. The van der Waals surface area contributed by atoms with E-state index >= 15 is 0 Å². The van der Waals surface area contributed by atoms with Gasteiger partial charge in [-0.2, -0.15) is 0 Å². The predicted octanol–water partition coefficient (Wildman–Crippen LogP) is 5.54. The van der Waals surface area contributed by atoms with Crippen LogP contribution in [-0.4, -0.2) is 30.5 Å². The second kappa shape index (κ2) is 9.08. The van der Waals surface area contributed by atoms with Crippen LogP contribution < -0.4 is 5.32 Å². The molecule has 5 nitrogen and oxygen atoms in total. The van der Waals surface area contributed by atoms with Crippen molar-refractivity contribution in [2.45, 2.75) is 62.4 Å². The Morgan fingerprint density at radius 2 is 1.83 bits per heavy atom. The van der Waals surface area contributed by atoms with Crippen LogP contribution in [0.3, 0.4) is 0 Å². The van der Waals surface area contributed by atoms with Crippen LogP contribution in [0.4, 0.5) is 10.2 Å². The molecule has 0 amide bonds. The summed E-state index contributed by atoms with van der Waals surface area (Å²) in [6, 6.07) is 10.6. The Morgan fingerprint density at radius 3 is 2.53 bits per heavy atom. The van der Waals surface area contributed by atoms with E-state index in [0.29, 0.717) is 16.9 Å². The molecule has 2 heterocycles. The number of nitrogens with zero attached hydrogens (tertiary/aromatic N) is 2.